The number of carbonyl (C=O) groups excluding carboxylic acids is 1. The van der Waals surface area contributed by atoms with Gasteiger partial charge in [0.05, 0.1) is 24.4 Å². The molecule has 118 valence electrons. The van der Waals surface area contributed by atoms with Crippen molar-refractivity contribution in [3.63, 3.8) is 0 Å². The van der Waals surface area contributed by atoms with Gasteiger partial charge in [0.2, 0.25) is 5.88 Å². The first-order valence-electron chi connectivity index (χ1n) is 6.44. The van der Waals surface area contributed by atoms with E-state index >= 15 is 0 Å². The van der Waals surface area contributed by atoms with Crippen LogP contribution in [0.4, 0.5) is 5.13 Å². The third-order valence-corrected chi connectivity index (χ3v) is 4.47. The minimum absolute atomic E-state index is 0.0570. The molecule has 0 bridgehead atoms. The van der Waals surface area contributed by atoms with Crippen LogP contribution in [-0.4, -0.2) is 35.1 Å². The summed E-state index contributed by atoms with van der Waals surface area (Å²) >= 11 is 4.81. The number of anilines is 1. The van der Waals surface area contributed by atoms with Gasteiger partial charge in [0.15, 0.2) is 5.13 Å². The molecule has 0 fully saturated rings. The lowest BCUT2D eigenvalue weighted by atomic mass is 10.3. The normalized spacial score (nSPS) is 10.6. The molecular formula is C14H11BrN4O3S. The number of rotatable bonds is 4. The lowest BCUT2D eigenvalue weighted by Crippen LogP contribution is -2.14. The third kappa shape index (κ3) is 3.25. The van der Waals surface area contributed by atoms with E-state index in [1.807, 2.05) is 18.2 Å². The molecule has 1 amide bonds. The summed E-state index contributed by atoms with van der Waals surface area (Å²) < 4.78 is 11.8. The fourth-order valence-corrected chi connectivity index (χ4v) is 3.32. The number of hydrogen-bond donors (Lipinski definition) is 1. The van der Waals surface area contributed by atoms with Crippen LogP contribution in [0.1, 0.15) is 10.5 Å². The highest BCUT2D eigenvalue weighted by Gasteiger charge is 2.15. The summed E-state index contributed by atoms with van der Waals surface area (Å²) in [6.07, 6.45) is 0. The highest BCUT2D eigenvalue weighted by atomic mass is 79.9. The van der Waals surface area contributed by atoms with Gasteiger partial charge in [-0.2, -0.15) is 9.97 Å². The van der Waals surface area contributed by atoms with Crippen LogP contribution in [0.5, 0.6) is 11.9 Å². The van der Waals surface area contributed by atoms with Gasteiger partial charge in [0.25, 0.3) is 5.91 Å². The number of amides is 1. The molecule has 0 aliphatic rings. The van der Waals surface area contributed by atoms with Crippen LogP contribution in [0.15, 0.2) is 28.7 Å². The number of nitrogens with zero attached hydrogens (tertiary/aromatic N) is 3. The first-order valence-corrected chi connectivity index (χ1v) is 8.05. The number of carbonyl (C=O) groups is 1. The second-order valence-electron chi connectivity index (χ2n) is 4.34. The van der Waals surface area contributed by atoms with Crippen molar-refractivity contribution in [2.24, 2.45) is 0 Å². The van der Waals surface area contributed by atoms with E-state index in [-0.39, 0.29) is 17.6 Å². The zero-order chi connectivity index (χ0) is 16.4. The number of aromatic nitrogens is 3. The van der Waals surface area contributed by atoms with Crippen LogP contribution in [0.3, 0.4) is 0 Å². The number of benzene rings is 1. The Bertz CT molecular complexity index is 861. The maximum absolute atomic E-state index is 12.4. The first-order chi connectivity index (χ1) is 11.1. The number of nitrogens with one attached hydrogen (secondary N) is 1. The molecule has 0 atom stereocenters. The molecule has 0 saturated heterocycles. The van der Waals surface area contributed by atoms with Crippen molar-refractivity contribution in [1.29, 1.82) is 0 Å². The molecule has 0 aliphatic heterocycles. The van der Waals surface area contributed by atoms with Gasteiger partial charge in [-0.3, -0.25) is 10.1 Å². The number of thiazole rings is 1. The fraction of sp³-hybridized carbons (Fsp3) is 0.143. The van der Waals surface area contributed by atoms with E-state index in [0.29, 0.717) is 5.13 Å². The van der Waals surface area contributed by atoms with Gasteiger partial charge < -0.3 is 9.47 Å². The van der Waals surface area contributed by atoms with Crippen molar-refractivity contribution in [3.8, 4) is 11.9 Å². The largest absolute Gasteiger partial charge is 0.481 e. The van der Waals surface area contributed by atoms with Crippen LogP contribution in [0.25, 0.3) is 10.2 Å². The highest BCUT2D eigenvalue weighted by Crippen LogP contribution is 2.31. The fourth-order valence-electron chi connectivity index (χ4n) is 1.85. The summed E-state index contributed by atoms with van der Waals surface area (Å²) in [4.78, 5) is 24.7. The van der Waals surface area contributed by atoms with Gasteiger partial charge in [-0.1, -0.05) is 17.4 Å². The minimum Gasteiger partial charge on any atom is -0.481 e. The van der Waals surface area contributed by atoms with Gasteiger partial charge in [-0.15, -0.1) is 0 Å². The van der Waals surface area contributed by atoms with Crippen molar-refractivity contribution < 1.29 is 14.3 Å². The minimum atomic E-state index is -0.417. The molecule has 0 aliphatic carbocycles. The van der Waals surface area contributed by atoms with Gasteiger partial charge in [-0.25, -0.2) is 4.98 Å². The lowest BCUT2D eigenvalue weighted by Gasteiger charge is -2.05. The second-order valence-corrected chi connectivity index (χ2v) is 6.23. The average Bonchev–Trinajstić information content (AvgIpc) is 2.98. The summed E-state index contributed by atoms with van der Waals surface area (Å²) in [6.45, 7) is 0. The molecule has 0 saturated carbocycles. The van der Waals surface area contributed by atoms with Crippen molar-refractivity contribution in [3.05, 3.63) is 34.4 Å². The Morgan fingerprint density at radius 1 is 1.22 bits per heavy atom. The molecule has 2 heterocycles. The molecule has 3 aromatic rings. The van der Waals surface area contributed by atoms with Gasteiger partial charge in [-0.05, 0) is 28.1 Å². The van der Waals surface area contributed by atoms with Crippen LogP contribution in [-0.2, 0) is 0 Å². The van der Waals surface area contributed by atoms with Crippen molar-refractivity contribution in [1.82, 2.24) is 15.0 Å². The summed E-state index contributed by atoms with van der Waals surface area (Å²) in [5.74, 6) is -0.173. The Kier molecular flexibility index (Phi) is 4.39. The van der Waals surface area contributed by atoms with Gasteiger partial charge in [0.1, 0.15) is 5.69 Å². The number of hydrogen-bond acceptors (Lipinski definition) is 7. The predicted octanol–water partition coefficient (Wildman–Crippen LogP) is 3.12. The Morgan fingerprint density at radius 3 is 2.74 bits per heavy atom. The molecule has 2 aromatic heterocycles. The van der Waals surface area contributed by atoms with E-state index in [1.54, 1.807) is 0 Å². The van der Waals surface area contributed by atoms with Crippen LogP contribution in [0, 0.1) is 0 Å². The van der Waals surface area contributed by atoms with Crippen LogP contribution >= 0.6 is 27.3 Å². The van der Waals surface area contributed by atoms with Crippen molar-refractivity contribution in [2.75, 3.05) is 19.5 Å². The zero-order valence-electron chi connectivity index (χ0n) is 12.2. The van der Waals surface area contributed by atoms with Gasteiger partial charge >= 0.3 is 6.01 Å². The average molecular weight is 395 g/mol. The Morgan fingerprint density at radius 2 is 2.04 bits per heavy atom. The maximum Gasteiger partial charge on any atom is 0.320 e. The third-order valence-electron chi connectivity index (χ3n) is 2.90. The molecule has 0 unspecified atom stereocenters. The standard InChI is InChI=1S/C14H11BrN4O3S/c1-21-10-6-8(16-13(17-10)22-2)12(20)19-14-18-11-7(15)4-3-5-9(11)23-14/h3-6H,1-2H3,(H,18,19,20). The Balaban J connectivity index is 1.89. The van der Waals surface area contributed by atoms with E-state index in [2.05, 4.69) is 36.2 Å². The predicted molar refractivity (Wildman–Crippen MR) is 90.4 cm³/mol. The second kappa shape index (κ2) is 6.47. The molecule has 1 N–H and O–H groups in total. The van der Waals surface area contributed by atoms with Crippen molar-refractivity contribution in [2.45, 2.75) is 0 Å². The number of methoxy groups -OCH3 is 2. The molecule has 7 nitrogen and oxygen atoms in total. The number of fused-ring (bicyclic) bond motifs is 1. The van der Waals surface area contributed by atoms with Crippen LogP contribution < -0.4 is 14.8 Å². The molecule has 23 heavy (non-hydrogen) atoms. The lowest BCUT2D eigenvalue weighted by molar-refractivity contribution is 0.102. The number of ether oxygens (including phenoxy) is 2. The molecule has 9 heteroatoms. The Labute approximate surface area is 143 Å². The van der Waals surface area contributed by atoms with E-state index in [9.17, 15) is 4.79 Å². The van der Waals surface area contributed by atoms with E-state index in [4.69, 9.17) is 9.47 Å². The van der Waals surface area contributed by atoms with Crippen molar-refractivity contribution >= 4 is 48.5 Å². The Hall–Kier alpha value is -2.26. The van der Waals surface area contributed by atoms with E-state index in [0.717, 1.165) is 14.7 Å². The topological polar surface area (TPSA) is 86.2 Å². The molecular weight excluding hydrogens is 384 g/mol. The smallest absolute Gasteiger partial charge is 0.320 e. The van der Waals surface area contributed by atoms with E-state index < -0.39 is 5.91 Å². The summed E-state index contributed by atoms with van der Waals surface area (Å²) in [6, 6.07) is 7.23. The molecule has 1 aromatic carbocycles. The quantitative estimate of drug-likeness (QED) is 0.731. The summed E-state index contributed by atoms with van der Waals surface area (Å²) in [7, 11) is 2.87. The maximum atomic E-state index is 12.4. The zero-order valence-corrected chi connectivity index (χ0v) is 14.6. The summed E-state index contributed by atoms with van der Waals surface area (Å²) in [5.41, 5.74) is 0.928. The van der Waals surface area contributed by atoms with E-state index in [1.165, 1.54) is 31.6 Å². The number of para-hydroxylation sites is 1. The highest BCUT2D eigenvalue weighted by molar-refractivity contribution is 9.10. The summed E-state index contributed by atoms with van der Waals surface area (Å²) in [5, 5.41) is 3.20. The molecule has 0 radical (unpaired) electrons. The number of halogens is 1. The monoisotopic (exact) mass is 394 g/mol. The first kappa shape index (κ1) is 15.6. The van der Waals surface area contributed by atoms with Crippen LogP contribution in [0.2, 0.25) is 0 Å². The van der Waals surface area contributed by atoms with Gasteiger partial charge in [0, 0.05) is 10.5 Å². The molecule has 0 spiro atoms. The molecule has 3 rings (SSSR count). The SMILES string of the molecule is COc1cc(C(=O)Nc2nc3c(Br)cccc3s2)nc(OC)n1.